The van der Waals surface area contributed by atoms with Crippen LogP contribution in [0.15, 0.2) is 60.7 Å². The van der Waals surface area contributed by atoms with Gasteiger partial charge in [0.25, 0.3) is 5.91 Å². The molecule has 2 aromatic rings. The van der Waals surface area contributed by atoms with Gasteiger partial charge in [-0.15, -0.1) is 0 Å². The minimum atomic E-state index is -0.980. The van der Waals surface area contributed by atoms with Gasteiger partial charge in [-0.05, 0) is 24.6 Å². The molecule has 0 radical (unpaired) electrons. The first-order valence-corrected chi connectivity index (χ1v) is 6.25. The maximum Gasteiger partial charge on any atom is 0.265 e. The summed E-state index contributed by atoms with van der Waals surface area (Å²) in [5, 5.41) is 9.36. The Morgan fingerprint density at radius 2 is 1.60 bits per heavy atom. The van der Waals surface area contributed by atoms with Gasteiger partial charge < -0.3 is 0 Å². The van der Waals surface area contributed by atoms with Crippen LogP contribution in [0.4, 0.5) is 0 Å². The number of amides is 1. The number of rotatable bonds is 4. The van der Waals surface area contributed by atoms with Gasteiger partial charge in [0.1, 0.15) is 5.54 Å². The Bertz CT molecular complexity index is 619. The summed E-state index contributed by atoms with van der Waals surface area (Å²) in [5.74, 6) is -0.275. The van der Waals surface area contributed by atoms with Gasteiger partial charge in [-0.3, -0.25) is 10.2 Å². The molecular weight excluding hydrogens is 250 g/mol. The number of benzene rings is 2. The van der Waals surface area contributed by atoms with Crippen molar-refractivity contribution < 1.29 is 4.79 Å². The van der Waals surface area contributed by atoms with Gasteiger partial charge in [-0.25, -0.2) is 5.43 Å². The lowest BCUT2D eigenvalue weighted by molar-refractivity contribution is 0.0917. The molecule has 4 nitrogen and oxygen atoms in total. The van der Waals surface area contributed by atoms with Crippen LogP contribution >= 0.6 is 0 Å². The standard InChI is InChI=1S/C16H15N3O/c1-16(12-17,14-10-6-3-7-11-14)19-18-15(20)13-8-4-2-5-9-13/h2-11,19H,1H3,(H,18,20). The van der Waals surface area contributed by atoms with E-state index in [-0.39, 0.29) is 5.91 Å². The molecule has 2 aromatic carbocycles. The molecule has 0 saturated heterocycles. The topological polar surface area (TPSA) is 64.9 Å². The third kappa shape index (κ3) is 3.02. The molecule has 2 N–H and O–H groups in total. The number of nitrogens with zero attached hydrogens (tertiary/aromatic N) is 1. The highest BCUT2D eigenvalue weighted by atomic mass is 16.2. The van der Waals surface area contributed by atoms with Crippen LogP contribution in [-0.4, -0.2) is 5.91 Å². The molecule has 0 saturated carbocycles. The lowest BCUT2D eigenvalue weighted by Crippen LogP contribution is -2.49. The molecule has 2 rings (SSSR count). The highest BCUT2D eigenvalue weighted by molar-refractivity contribution is 5.93. The molecule has 1 amide bonds. The maximum atomic E-state index is 12.0. The molecule has 0 bridgehead atoms. The van der Waals surface area contributed by atoms with Crippen molar-refractivity contribution in [2.45, 2.75) is 12.5 Å². The zero-order valence-corrected chi connectivity index (χ0v) is 11.1. The second kappa shape index (κ2) is 6.00. The minimum Gasteiger partial charge on any atom is -0.286 e. The van der Waals surface area contributed by atoms with Crippen LogP contribution in [0.25, 0.3) is 0 Å². The first-order valence-electron chi connectivity index (χ1n) is 6.25. The number of carbonyl (C=O) groups excluding carboxylic acids is 1. The summed E-state index contributed by atoms with van der Waals surface area (Å²) in [7, 11) is 0. The van der Waals surface area contributed by atoms with Gasteiger partial charge in [-0.2, -0.15) is 5.26 Å². The Morgan fingerprint density at radius 1 is 1.05 bits per heavy atom. The number of hydrazine groups is 1. The fraction of sp³-hybridized carbons (Fsp3) is 0.125. The molecule has 4 heteroatoms. The number of nitriles is 1. The van der Waals surface area contributed by atoms with Crippen molar-refractivity contribution in [2.24, 2.45) is 0 Å². The molecule has 0 aromatic heterocycles. The number of hydrogen-bond acceptors (Lipinski definition) is 3. The normalized spacial score (nSPS) is 13.0. The Kier molecular flexibility index (Phi) is 4.14. The molecular formula is C16H15N3O. The molecule has 0 aliphatic carbocycles. The molecule has 20 heavy (non-hydrogen) atoms. The van der Waals surface area contributed by atoms with Gasteiger partial charge in [0.2, 0.25) is 0 Å². The zero-order chi connectivity index (χ0) is 14.4. The van der Waals surface area contributed by atoms with E-state index in [1.54, 1.807) is 31.2 Å². The zero-order valence-electron chi connectivity index (χ0n) is 11.1. The molecule has 0 heterocycles. The average molecular weight is 265 g/mol. The fourth-order valence-corrected chi connectivity index (χ4v) is 1.78. The Balaban J connectivity index is 2.09. The lowest BCUT2D eigenvalue weighted by atomic mass is 9.95. The van der Waals surface area contributed by atoms with Crippen molar-refractivity contribution in [3.05, 3.63) is 71.8 Å². The van der Waals surface area contributed by atoms with Gasteiger partial charge in [0.15, 0.2) is 0 Å². The summed E-state index contributed by atoms with van der Waals surface area (Å²) in [6, 6.07) is 20.3. The van der Waals surface area contributed by atoms with Gasteiger partial charge >= 0.3 is 0 Å². The van der Waals surface area contributed by atoms with E-state index in [0.29, 0.717) is 5.56 Å². The summed E-state index contributed by atoms with van der Waals surface area (Å²) in [6.07, 6.45) is 0. The Hall–Kier alpha value is -2.64. The second-order valence-corrected chi connectivity index (χ2v) is 4.55. The van der Waals surface area contributed by atoms with Crippen LogP contribution < -0.4 is 10.9 Å². The smallest absolute Gasteiger partial charge is 0.265 e. The molecule has 0 aliphatic heterocycles. The number of carbonyl (C=O) groups is 1. The van der Waals surface area contributed by atoms with E-state index in [0.717, 1.165) is 5.56 Å². The van der Waals surface area contributed by atoms with Gasteiger partial charge in [0.05, 0.1) is 6.07 Å². The average Bonchev–Trinajstić information content (AvgIpc) is 2.54. The predicted molar refractivity (Wildman–Crippen MR) is 76.5 cm³/mol. The van der Waals surface area contributed by atoms with Crippen LogP contribution in [0.3, 0.4) is 0 Å². The van der Waals surface area contributed by atoms with Crippen molar-refractivity contribution in [2.75, 3.05) is 0 Å². The molecule has 0 aliphatic rings. The Morgan fingerprint density at radius 3 is 2.15 bits per heavy atom. The van der Waals surface area contributed by atoms with Crippen molar-refractivity contribution in [3.8, 4) is 6.07 Å². The van der Waals surface area contributed by atoms with Crippen LogP contribution in [0.5, 0.6) is 0 Å². The molecule has 1 atom stereocenters. The molecule has 100 valence electrons. The largest absolute Gasteiger partial charge is 0.286 e. The SMILES string of the molecule is CC(C#N)(NNC(=O)c1ccccc1)c1ccccc1. The second-order valence-electron chi connectivity index (χ2n) is 4.55. The summed E-state index contributed by atoms with van der Waals surface area (Å²) in [6.45, 7) is 1.72. The van der Waals surface area contributed by atoms with Crippen molar-refractivity contribution >= 4 is 5.91 Å². The number of hydrogen-bond donors (Lipinski definition) is 2. The van der Waals surface area contributed by atoms with E-state index >= 15 is 0 Å². The van der Waals surface area contributed by atoms with Gasteiger partial charge in [0, 0.05) is 5.56 Å². The summed E-state index contributed by atoms with van der Waals surface area (Å²) >= 11 is 0. The molecule has 0 spiro atoms. The summed E-state index contributed by atoms with van der Waals surface area (Å²) in [4.78, 5) is 12.0. The van der Waals surface area contributed by atoms with E-state index in [4.69, 9.17) is 0 Å². The Labute approximate surface area is 118 Å². The van der Waals surface area contributed by atoms with Crippen LogP contribution in [-0.2, 0) is 5.54 Å². The first-order chi connectivity index (χ1) is 9.65. The van der Waals surface area contributed by atoms with E-state index in [1.807, 2.05) is 36.4 Å². The van der Waals surface area contributed by atoms with Crippen molar-refractivity contribution in [1.29, 1.82) is 5.26 Å². The monoisotopic (exact) mass is 265 g/mol. The van der Waals surface area contributed by atoms with Crippen LogP contribution in [0, 0.1) is 11.3 Å². The fourth-order valence-electron chi connectivity index (χ4n) is 1.78. The summed E-state index contributed by atoms with van der Waals surface area (Å²) < 4.78 is 0. The first kappa shape index (κ1) is 13.8. The van der Waals surface area contributed by atoms with Crippen molar-refractivity contribution in [1.82, 2.24) is 10.9 Å². The third-order valence-corrected chi connectivity index (χ3v) is 3.04. The predicted octanol–water partition coefficient (Wildman–Crippen LogP) is 2.36. The van der Waals surface area contributed by atoms with Crippen LogP contribution in [0.1, 0.15) is 22.8 Å². The highest BCUT2D eigenvalue weighted by Crippen LogP contribution is 2.18. The van der Waals surface area contributed by atoms with E-state index in [1.165, 1.54) is 0 Å². The number of nitrogens with one attached hydrogen (secondary N) is 2. The molecule has 0 fully saturated rings. The van der Waals surface area contributed by atoms with Crippen LogP contribution in [0.2, 0.25) is 0 Å². The van der Waals surface area contributed by atoms with Gasteiger partial charge in [-0.1, -0.05) is 48.5 Å². The third-order valence-electron chi connectivity index (χ3n) is 3.04. The summed E-state index contributed by atoms with van der Waals surface area (Å²) in [5.41, 5.74) is 5.72. The maximum absolute atomic E-state index is 12.0. The minimum absolute atomic E-state index is 0.275. The quantitative estimate of drug-likeness (QED) is 0.834. The highest BCUT2D eigenvalue weighted by Gasteiger charge is 2.26. The molecule has 1 unspecified atom stereocenters. The van der Waals surface area contributed by atoms with Crippen molar-refractivity contribution in [3.63, 3.8) is 0 Å². The van der Waals surface area contributed by atoms with E-state index in [9.17, 15) is 10.1 Å². The van der Waals surface area contributed by atoms with E-state index in [2.05, 4.69) is 16.9 Å². The lowest BCUT2D eigenvalue weighted by Gasteiger charge is -2.24. The van der Waals surface area contributed by atoms with E-state index < -0.39 is 5.54 Å².